The van der Waals surface area contributed by atoms with Gasteiger partial charge in [-0.25, -0.2) is 14.6 Å². The van der Waals surface area contributed by atoms with Crippen LogP contribution in [0.4, 0.5) is 0 Å². The molecule has 1 heterocycles. The van der Waals surface area contributed by atoms with Crippen LogP contribution in [0.5, 0.6) is 0 Å². The number of rotatable bonds is 3. The SMILES string of the molecule is COC(=O)c1ccc(-c2cnc(Cl)cc2C(=O)O)cc1Cl. The molecule has 1 aromatic carbocycles. The van der Waals surface area contributed by atoms with E-state index in [1.165, 1.54) is 31.5 Å². The zero-order valence-electron chi connectivity index (χ0n) is 10.8. The molecule has 0 atom stereocenters. The molecule has 0 saturated carbocycles. The normalized spacial score (nSPS) is 10.2. The third-order valence-corrected chi connectivity index (χ3v) is 3.31. The maximum absolute atomic E-state index is 11.5. The van der Waals surface area contributed by atoms with Gasteiger partial charge in [-0.05, 0) is 23.8 Å². The quantitative estimate of drug-likeness (QED) is 0.689. The Balaban J connectivity index is 2.56. The van der Waals surface area contributed by atoms with Crippen LogP contribution < -0.4 is 0 Å². The number of carboxylic acid groups (broad SMARTS) is 1. The summed E-state index contributed by atoms with van der Waals surface area (Å²) in [5, 5.41) is 9.44. The lowest BCUT2D eigenvalue weighted by Gasteiger charge is -2.08. The predicted molar refractivity (Wildman–Crippen MR) is 78.0 cm³/mol. The number of aromatic nitrogens is 1. The van der Waals surface area contributed by atoms with E-state index in [9.17, 15) is 14.7 Å². The molecule has 2 rings (SSSR count). The molecule has 0 bridgehead atoms. The first kappa shape index (κ1) is 15.3. The number of esters is 1. The summed E-state index contributed by atoms with van der Waals surface area (Å²) in [4.78, 5) is 26.6. The molecule has 0 saturated heterocycles. The number of hydrogen-bond donors (Lipinski definition) is 1. The topological polar surface area (TPSA) is 76.5 Å². The Labute approximate surface area is 130 Å². The van der Waals surface area contributed by atoms with Crippen molar-refractivity contribution in [2.24, 2.45) is 0 Å². The van der Waals surface area contributed by atoms with Gasteiger partial charge in [0.05, 0.1) is 23.3 Å². The van der Waals surface area contributed by atoms with Crippen LogP contribution in [0, 0.1) is 0 Å². The summed E-state index contributed by atoms with van der Waals surface area (Å²) in [6, 6.07) is 5.76. The second-order valence-electron chi connectivity index (χ2n) is 4.04. The molecule has 7 heteroatoms. The van der Waals surface area contributed by atoms with E-state index in [2.05, 4.69) is 9.72 Å². The molecule has 21 heavy (non-hydrogen) atoms. The maximum atomic E-state index is 11.5. The Morgan fingerprint density at radius 3 is 2.48 bits per heavy atom. The Kier molecular flexibility index (Phi) is 4.45. The second kappa shape index (κ2) is 6.11. The number of methoxy groups -OCH3 is 1. The van der Waals surface area contributed by atoms with Gasteiger partial charge >= 0.3 is 11.9 Å². The second-order valence-corrected chi connectivity index (χ2v) is 4.84. The molecule has 5 nitrogen and oxygen atoms in total. The van der Waals surface area contributed by atoms with E-state index in [0.717, 1.165) is 0 Å². The molecule has 0 aliphatic heterocycles. The number of aromatic carboxylic acids is 1. The van der Waals surface area contributed by atoms with Crippen molar-refractivity contribution in [3.8, 4) is 11.1 Å². The molecular formula is C14H9Cl2NO4. The standard InChI is InChI=1S/C14H9Cl2NO4/c1-21-14(20)8-3-2-7(4-11(8)15)10-6-17-12(16)5-9(10)13(18)19/h2-6H,1H3,(H,18,19). The first-order chi connectivity index (χ1) is 9.93. The van der Waals surface area contributed by atoms with Gasteiger partial charge < -0.3 is 9.84 Å². The highest BCUT2D eigenvalue weighted by Crippen LogP contribution is 2.29. The van der Waals surface area contributed by atoms with Gasteiger partial charge in [0.15, 0.2) is 0 Å². The lowest BCUT2D eigenvalue weighted by atomic mass is 10.0. The van der Waals surface area contributed by atoms with E-state index < -0.39 is 11.9 Å². The van der Waals surface area contributed by atoms with E-state index in [1.54, 1.807) is 6.07 Å². The van der Waals surface area contributed by atoms with Gasteiger partial charge in [-0.3, -0.25) is 0 Å². The lowest BCUT2D eigenvalue weighted by molar-refractivity contribution is 0.0600. The molecule has 2 aromatic rings. The average molecular weight is 326 g/mol. The number of carbonyl (C=O) groups excluding carboxylic acids is 1. The molecule has 108 valence electrons. The highest BCUT2D eigenvalue weighted by Gasteiger charge is 2.16. The van der Waals surface area contributed by atoms with Crippen molar-refractivity contribution in [2.45, 2.75) is 0 Å². The van der Waals surface area contributed by atoms with Crippen molar-refractivity contribution < 1.29 is 19.4 Å². The van der Waals surface area contributed by atoms with Crippen molar-refractivity contribution in [1.82, 2.24) is 4.98 Å². The average Bonchev–Trinajstić information content (AvgIpc) is 2.46. The molecule has 0 aliphatic carbocycles. The number of carbonyl (C=O) groups is 2. The number of carboxylic acids is 1. The van der Waals surface area contributed by atoms with Crippen LogP contribution in [0.1, 0.15) is 20.7 Å². The van der Waals surface area contributed by atoms with Gasteiger partial charge in [-0.1, -0.05) is 29.3 Å². The van der Waals surface area contributed by atoms with Gasteiger partial charge in [0, 0.05) is 11.8 Å². The number of nitrogens with zero attached hydrogens (tertiary/aromatic N) is 1. The minimum absolute atomic E-state index is 0.00288. The van der Waals surface area contributed by atoms with E-state index in [1.807, 2.05) is 0 Å². The molecule has 0 spiro atoms. The van der Waals surface area contributed by atoms with E-state index in [0.29, 0.717) is 11.1 Å². The molecule has 0 amide bonds. The molecule has 0 unspecified atom stereocenters. The Morgan fingerprint density at radius 1 is 1.19 bits per heavy atom. The fraction of sp³-hybridized carbons (Fsp3) is 0.0714. The summed E-state index contributed by atoms with van der Waals surface area (Å²) in [5.41, 5.74) is 1.05. The first-order valence-electron chi connectivity index (χ1n) is 5.71. The van der Waals surface area contributed by atoms with Crippen LogP contribution in [0.2, 0.25) is 10.2 Å². The van der Waals surface area contributed by atoms with Crippen LogP contribution >= 0.6 is 23.2 Å². The highest BCUT2D eigenvalue weighted by molar-refractivity contribution is 6.34. The fourth-order valence-corrected chi connectivity index (χ4v) is 2.21. The highest BCUT2D eigenvalue weighted by atomic mass is 35.5. The van der Waals surface area contributed by atoms with E-state index in [4.69, 9.17) is 23.2 Å². The largest absolute Gasteiger partial charge is 0.478 e. The van der Waals surface area contributed by atoms with E-state index >= 15 is 0 Å². The smallest absolute Gasteiger partial charge is 0.339 e. The molecule has 1 aromatic heterocycles. The Hall–Kier alpha value is -2.11. The van der Waals surface area contributed by atoms with E-state index in [-0.39, 0.29) is 21.3 Å². The maximum Gasteiger partial charge on any atom is 0.339 e. The van der Waals surface area contributed by atoms with Gasteiger partial charge in [-0.2, -0.15) is 0 Å². The summed E-state index contributed by atoms with van der Waals surface area (Å²) >= 11 is 11.7. The minimum Gasteiger partial charge on any atom is -0.478 e. The number of ether oxygens (including phenoxy) is 1. The van der Waals surface area contributed by atoms with Gasteiger partial charge in [0.25, 0.3) is 0 Å². The summed E-state index contributed by atoms with van der Waals surface area (Å²) in [6.45, 7) is 0. The summed E-state index contributed by atoms with van der Waals surface area (Å²) < 4.78 is 4.59. The summed E-state index contributed by atoms with van der Waals surface area (Å²) in [6.07, 6.45) is 1.34. The summed E-state index contributed by atoms with van der Waals surface area (Å²) in [5.74, 6) is -1.71. The molecule has 0 radical (unpaired) electrons. The third-order valence-electron chi connectivity index (χ3n) is 2.79. The number of benzene rings is 1. The first-order valence-corrected chi connectivity index (χ1v) is 6.46. The molecule has 1 N–H and O–H groups in total. The molecular weight excluding hydrogens is 317 g/mol. The number of halogens is 2. The Bertz CT molecular complexity index is 731. The lowest BCUT2D eigenvalue weighted by Crippen LogP contribution is -2.03. The van der Waals surface area contributed by atoms with Gasteiger partial charge in [0.2, 0.25) is 0 Å². The van der Waals surface area contributed by atoms with Crippen LogP contribution in [-0.4, -0.2) is 29.1 Å². The van der Waals surface area contributed by atoms with Crippen molar-refractivity contribution in [2.75, 3.05) is 7.11 Å². The molecule has 0 fully saturated rings. The zero-order chi connectivity index (χ0) is 15.6. The summed E-state index contributed by atoms with van der Waals surface area (Å²) in [7, 11) is 1.25. The van der Waals surface area contributed by atoms with Crippen molar-refractivity contribution >= 4 is 35.1 Å². The van der Waals surface area contributed by atoms with Gasteiger partial charge in [0.1, 0.15) is 5.15 Å². The monoisotopic (exact) mass is 325 g/mol. The van der Waals surface area contributed by atoms with Crippen molar-refractivity contribution in [3.63, 3.8) is 0 Å². The van der Waals surface area contributed by atoms with Crippen LogP contribution in [-0.2, 0) is 4.74 Å². The Morgan fingerprint density at radius 2 is 1.90 bits per heavy atom. The zero-order valence-corrected chi connectivity index (χ0v) is 12.3. The minimum atomic E-state index is -1.14. The molecule has 0 aliphatic rings. The fourth-order valence-electron chi connectivity index (χ4n) is 1.80. The third kappa shape index (κ3) is 3.15. The number of hydrogen-bond acceptors (Lipinski definition) is 4. The number of pyridine rings is 1. The van der Waals surface area contributed by atoms with Crippen molar-refractivity contribution in [3.05, 3.63) is 51.8 Å². The van der Waals surface area contributed by atoms with Crippen LogP contribution in [0.15, 0.2) is 30.5 Å². The predicted octanol–water partition coefficient (Wildman–Crippen LogP) is 3.54. The van der Waals surface area contributed by atoms with Gasteiger partial charge in [-0.15, -0.1) is 0 Å². The van der Waals surface area contributed by atoms with Crippen LogP contribution in [0.25, 0.3) is 11.1 Å². The van der Waals surface area contributed by atoms with Crippen LogP contribution in [0.3, 0.4) is 0 Å². The van der Waals surface area contributed by atoms with Crippen molar-refractivity contribution in [1.29, 1.82) is 0 Å².